The SMILES string of the molecule is CCc1ccc(-c2nc(SC(C)c3nc(N)nc(Nc4ccccc4)n3)n[nH]2)cc1. The van der Waals surface area contributed by atoms with Crippen LogP contribution in [0.1, 0.15) is 30.5 Å². The van der Waals surface area contributed by atoms with Gasteiger partial charge in [0.2, 0.25) is 17.1 Å². The number of nitrogens with two attached hydrogens (primary N) is 1. The minimum atomic E-state index is -0.113. The van der Waals surface area contributed by atoms with Crippen LogP contribution in [0.2, 0.25) is 0 Å². The molecule has 1 unspecified atom stereocenters. The second-order valence-electron chi connectivity index (χ2n) is 6.64. The van der Waals surface area contributed by atoms with Gasteiger partial charge in [-0.25, -0.2) is 4.98 Å². The van der Waals surface area contributed by atoms with Gasteiger partial charge in [-0.1, -0.05) is 61.2 Å². The standard InChI is InChI=1S/C21H22N8S/c1-3-14-9-11-15(12-10-14)18-26-21(29-28-18)30-13(2)17-24-19(22)27-20(25-17)23-16-7-5-4-6-8-16/h4-13H,3H2,1-2H3,(H,26,28,29)(H3,22,23,24,25,27). The second kappa shape index (κ2) is 8.91. The minimum absolute atomic E-state index is 0.113. The highest BCUT2D eigenvalue weighted by Crippen LogP contribution is 2.32. The van der Waals surface area contributed by atoms with Gasteiger partial charge < -0.3 is 11.1 Å². The summed E-state index contributed by atoms with van der Waals surface area (Å²) in [5.41, 5.74) is 9.06. The molecule has 4 aromatic rings. The third-order valence-corrected chi connectivity index (χ3v) is 5.40. The van der Waals surface area contributed by atoms with Gasteiger partial charge in [0.15, 0.2) is 5.82 Å². The molecule has 0 spiro atoms. The fraction of sp³-hybridized carbons (Fsp3) is 0.190. The Bertz CT molecular complexity index is 1110. The molecule has 0 radical (unpaired) electrons. The molecule has 2 aromatic carbocycles. The number of aryl methyl sites for hydroxylation is 1. The predicted molar refractivity (Wildman–Crippen MR) is 119 cm³/mol. The molecule has 0 amide bonds. The van der Waals surface area contributed by atoms with Gasteiger partial charge in [0.25, 0.3) is 0 Å². The van der Waals surface area contributed by atoms with Crippen molar-refractivity contribution >= 4 is 29.3 Å². The van der Waals surface area contributed by atoms with E-state index in [1.54, 1.807) is 0 Å². The number of benzene rings is 2. The second-order valence-corrected chi connectivity index (χ2v) is 7.95. The zero-order chi connectivity index (χ0) is 20.9. The number of nitrogens with one attached hydrogen (secondary N) is 2. The van der Waals surface area contributed by atoms with Gasteiger partial charge in [-0.2, -0.15) is 15.0 Å². The number of aromatic amines is 1. The summed E-state index contributed by atoms with van der Waals surface area (Å²) < 4.78 is 0. The number of hydrogen-bond donors (Lipinski definition) is 3. The molecular weight excluding hydrogens is 396 g/mol. The first kappa shape index (κ1) is 19.8. The summed E-state index contributed by atoms with van der Waals surface area (Å²) in [5, 5.41) is 11.0. The molecule has 4 N–H and O–H groups in total. The molecule has 2 heterocycles. The van der Waals surface area contributed by atoms with Crippen LogP contribution in [-0.2, 0) is 6.42 Å². The molecule has 0 aliphatic heterocycles. The van der Waals surface area contributed by atoms with E-state index in [0.717, 1.165) is 23.5 Å². The Morgan fingerprint density at radius 3 is 2.50 bits per heavy atom. The lowest BCUT2D eigenvalue weighted by atomic mass is 10.1. The molecule has 4 rings (SSSR count). The van der Waals surface area contributed by atoms with Crippen molar-refractivity contribution in [3.05, 3.63) is 66.0 Å². The Morgan fingerprint density at radius 1 is 1.00 bits per heavy atom. The number of hydrogen-bond acceptors (Lipinski definition) is 8. The van der Waals surface area contributed by atoms with Crippen LogP contribution in [0.15, 0.2) is 59.8 Å². The molecule has 0 aliphatic rings. The van der Waals surface area contributed by atoms with E-state index in [9.17, 15) is 0 Å². The number of thioether (sulfide) groups is 1. The number of aromatic nitrogens is 6. The minimum Gasteiger partial charge on any atom is -0.368 e. The zero-order valence-corrected chi connectivity index (χ0v) is 17.5. The van der Waals surface area contributed by atoms with Crippen molar-refractivity contribution in [1.29, 1.82) is 0 Å². The highest BCUT2D eigenvalue weighted by Gasteiger charge is 2.17. The van der Waals surface area contributed by atoms with E-state index in [0.29, 0.717) is 16.9 Å². The molecule has 0 fully saturated rings. The third kappa shape index (κ3) is 4.74. The van der Waals surface area contributed by atoms with Gasteiger partial charge in [-0.3, -0.25) is 5.10 Å². The Balaban J connectivity index is 1.48. The maximum Gasteiger partial charge on any atom is 0.232 e. The van der Waals surface area contributed by atoms with Crippen molar-refractivity contribution in [2.24, 2.45) is 0 Å². The molecule has 0 aliphatic carbocycles. The van der Waals surface area contributed by atoms with Gasteiger partial charge in [0.1, 0.15) is 5.82 Å². The van der Waals surface area contributed by atoms with E-state index in [1.165, 1.54) is 17.3 Å². The molecule has 9 heteroatoms. The van der Waals surface area contributed by atoms with E-state index < -0.39 is 0 Å². The summed E-state index contributed by atoms with van der Waals surface area (Å²) in [4.78, 5) is 17.6. The summed E-state index contributed by atoms with van der Waals surface area (Å²) in [7, 11) is 0. The molecule has 0 saturated carbocycles. The van der Waals surface area contributed by atoms with Crippen molar-refractivity contribution < 1.29 is 0 Å². The van der Waals surface area contributed by atoms with E-state index >= 15 is 0 Å². The average molecular weight is 419 g/mol. The highest BCUT2D eigenvalue weighted by atomic mass is 32.2. The van der Waals surface area contributed by atoms with Crippen LogP contribution in [0.3, 0.4) is 0 Å². The third-order valence-electron chi connectivity index (χ3n) is 4.45. The van der Waals surface area contributed by atoms with Crippen molar-refractivity contribution in [3.8, 4) is 11.4 Å². The molecule has 30 heavy (non-hydrogen) atoms. The summed E-state index contributed by atoms with van der Waals surface area (Å²) in [6.45, 7) is 4.12. The van der Waals surface area contributed by atoms with Crippen LogP contribution in [0, 0.1) is 0 Å². The number of para-hydroxylation sites is 1. The molecule has 0 saturated heterocycles. The van der Waals surface area contributed by atoms with Crippen LogP contribution in [0.25, 0.3) is 11.4 Å². The Kier molecular flexibility index (Phi) is 5.89. The van der Waals surface area contributed by atoms with Gasteiger partial charge in [0, 0.05) is 11.3 Å². The summed E-state index contributed by atoms with van der Waals surface area (Å²) in [5.74, 6) is 1.86. The summed E-state index contributed by atoms with van der Waals surface area (Å²) in [6.07, 6.45) is 1.01. The van der Waals surface area contributed by atoms with Crippen molar-refractivity contribution in [2.75, 3.05) is 11.1 Å². The summed E-state index contributed by atoms with van der Waals surface area (Å²) >= 11 is 1.45. The quantitative estimate of drug-likeness (QED) is 0.378. The van der Waals surface area contributed by atoms with Crippen LogP contribution in [-0.4, -0.2) is 30.1 Å². The summed E-state index contributed by atoms with van der Waals surface area (Å²) in [6, 6.07) is 18.0. The first-order valence-electron chi connectivity index (χ1n) is 9.62. The number of nitrogen functional groups attached to an aromatic ring is 1. The first-order chi connectivity index (χ1) is 14.6. The van der Waals surface area contributed by atoms with Crippen LogP contribution < -0.4 is 11.1 Å². The Labute approximate surface area is 178 Å². The fourth-order valence-corrected chi connectivity index (χ4v) is 3.60. The van der Waals surface area contributed by atoms with Crippen molar-refractivity contribution in [1.82, 2.24) is 30.1 Å². The Morgan fingerprint density at radius 2 is 1.77 bits per heavy atom. The molecular formula is C21H22N8S. The van der Waals surface area contributed by atoms with Crippen molar-refractivity contribution in [2.45, 2.75) is 30.7 Å². The number of rotatable bonds is 7. The van der Waals surface area contributed by atoms with Gasteiger partial charge in [0.05, 0.1) is 5.25 Å². The zero-order valence-electron chi connectivity index (χ0n) is 16.7. The lowest BCUT2D eigenvalue weighted by Crippen LogP contribution is -2.08. The fourth-order valence-electron chi connectivity index (χ4n) is 2.84. The Hall–Kier alpha value is -3.46. The monoisotopic (exact) mass is 418 g/mol. The largest absolute Gasteiger partial charge is 0.368 e. The smallest absolute Gasteiger partial charge is 0.232 e. The molecule has 8 nitrogen and oxygen atoms in total. The molecule has 0 bridgehead atoms. The van der Waals surface area contributed by atoms with E-state index in [1.807, 2.05) is 49.4 Å². The van der Waals surface area contributed by atoms with Crippen molar-refractivity contribution in [3.63, 3.8) is 0 Å². The lowest BCUT2D eigenvalue weighted by Gasteiger charge is -2.10. The van der Waals surface area contributed by atoms with Gasteiger partial charge in [-0.15, -0.1) is 5.10 Å². The van der Waals surface area contributed by atoms with E-state index in [-0.39, 0.29) is 11.2 Å². The maximum absolute atomic E-state index is 5.90. The average Bonchev–Trinajstić information content (AvgIpc) is 3.22. The van der Waals surface area contributed by atoms with Gasteiger partial charge in [-0.05, 0) is 31.0 Å². The first-order valence-corrected chi connectivity index (χ1v) is 10.5. The predicted octanol–water partition coefficient (Wildman–Crippen LogP) is 4.40. The van der Waals surface area contributed by atoms with Crippen LogP contribution >= 0.6 is 11.8 Å². The highest BCUT2D eigenvalue weighted by molar-refractivity contribution is 7.99. The molecule has 152 valence electrons. The topological polar surface area (TPSA) is 118 Å². The van der Waals surface area contributed by atoms with Crippen LogP contribution in [0.4, 0.5) is 17.6 Å². The van der Waals surface area contributed by atoms with Crippen LogP contribution in [0.5, 0.6) is 0 Å². The number of nitrogens with zero attached hydrogens (tertiary/aromatic N) is 5. The molecule has 1 atom stereocenters. The normalized spacial score (nSPS) is 11.9. The molecule has 2 aromatic heterocycles. The van der Waals surface area contributed by atoms with E-state index in [4.69, 9.17) is 5.73 Å². The van der Waals surface area contributed by atoms with Gasteiger partial charge >= 0.3 is 0 Å². The van der Waals surface area contributed by atoms with E-state index in [2.05, 4.69) is 54.5 Å². The maximum atomic E-state index is 5.90. The number of anilines is 3. The lowest BCUT2D eigenvalue weighted by molar-refractivity contribution is 0.884. The number of H-pyrrole nitrogens is 1.